The van der Waals surface area contributed by atoms with E-state index in [2.05, 4.69) is 0 Å². The zero-order valence-electron chi connectivity index (χ0n) is 13.8. The van der Waals surface area contributed by atoms with Crippen molar-refractivity contribution in [2.24, 2.45) is 0 Å². The summed E-state index contributed by atoms with van der Waals surface area (Å²) in [4.78, 5) is 22.5. The van der Waals surface area contributed by atoms with Gasteiger partial charge in [-0.05, 0) is 0 Å². The van der Waals surface area contributed by atoms with Crippen LogP contribution in [0.2, 0.25) is 0 Å². The summed E-state index contributed by atoms with van der Waals surface area (Å²) in [6.07, 6.45) is 0.584. The number of hydrogen-bond acceptors (Lipinski definition) is 9. The fourth-order valence-corrected chi connectivity index (χ4v) is 4.32. The molecule has 0 aromatic rings. The molecule has 0 radical (unpaired) electrons. The average Bonchev–Trinajstić information content (AvgIpc) is 2.55. The minimum Gasteiger partial charge on any atom is -0.493 e. The van der Waals surface area contributed by atoms with E-state index in [1.165, 1.54) is 14.2 Å². The van der Waals surface area contributed by atoms with Crippen molar-refractivity contribution in [2.75, 3.05) is 14.2 Å². The number of rotatable bonds is 6. The highest BCUT2D eigenvalue weighted by molar-refractivity contribution is 8.17. The molecule has 148 valence electrons. The fourth-order valence-electron chi connectivity index (χ4n) is 2.25. The maximum atomic E-state index is 11.9. The number of ketones is 2. The second-order valence-electron chi connectivity index (χ2n) is 5.18. The SMILES string of the molecule is COC1=CC(OC2=C(S(=O)(=O)Cl)CC(=O)C(OC)=C2)=C(S(=O)(=O)Cl)CC1=O. The molecule has 2 aliphatic rings. The van der Waals surface area contributed by atoms with Crippen LogP contribution < -0.4 is 0 Å². The lowest BCUT2D eigenvalue weighted by molar-refractivity contribution is -0.118. The molecule has 0 saturated heterocycles. The number of methoxy groups -OCH3 is 2. The third-order valence-electron chi connectivity index (χ3n) is 3.51. The summed E-state index contributed by atoms with van der Waals surface area (Å²) in [5.74, 6) is -2.70. The van der Waals surface area contributed by atoms with Gasteiger partial charge in [-0.1, -0.05) is 0 Å². The molecule has 0 bridgehead atoms. The Morgan fingerprint density at radius 1 is 0.778 bits per heavy atom. The van der Waals surface area contributed by atoms with Crippen LogP contribution in [0.15, 0.2) is 45.0 Å². The lowest BCUT2D eigenvalue weighted by Gasteiger charge is -2.21. The number of carbonyl (C=O) groups is 2. The van der Waals surface area contributed by atoms with Crippen molar-refractivity contribution in [3.8, 4) is 0 Å². The highest BCUT2D eigenvalue weighted by atomic mass is 35.7. The van der Waals surface area contributed by atoms with E-state index in [9.17, 15) is 26.4 Å². The van der Waals surface area contributed by atoms with Crippen LogP contribution >= 0.6 is 21.4 Å². The lowest BCUT2D eigenvalue weighted by atomic mass is 10.1. The van der Waals surface area contributed by atoms with Gasteiger partial charge in [0, 0.05) is 33.5 Å². The molecule has 13 heteroatoms. The molecule has 2 rings (SSSR count). The first-order valence-corrected chi connectivity index (χ1v) is 11.6. The van der Waals surface area contributed by atoms with Crippen molar-refractivity contribution >= 4 is 51.0 Å². The topological polar surface area (TPSA) is 130 Å². The molecule has 0 fully saturated rings. The minimum atomic E-state index is -4.39. The monoisotopic (exact) mass is 458 g/mol. The standard InChI is InChI=1S/C14H12Cl2O9S2/c1-23-9-5-11(13(3-7(9)17)26(15,19)20)25-12-6-10(24-2)8(18)4-14(12)27(16,21)22/h5-6H,3-4H2,1-2H3. The summed E-state index contributed by atoms with van der Waals surface area (Å²) < 4.78 is 62.2. The number of allylic oxidation sites excluding steroid dienone is 6. The molecule has 0 aromatic heterocycles. The van der Waals surface area contributed by atoms with Gasteiger partial charge in [0.15, 0.2) is 11.5 Å². The van der Waals surface area contributed by atoms with Crippen molar-refractivity contribution in [1.29, 1.82) is 0 Å². The predicted octanol–water partition coefficient (Wildman–Crippen LogP) is 1.57. The van der Waals surface area contributed by atoms with Crippen LogP contribution in [0.4, 0.5) is 0 Å². The molecule has 0 spiro atoms. The fraction of sp³-hybridized carbons (Fsp3) is 0.286. The van der Waals surface area contributed by atoms with Crippen molar-refractivity contribution in [3.05, 3.63) is 45.0 Å². The summed E-state index contributed by atoms with van der Waals surface area (Å²) in [6.45, 7) is 0. The number of halogens is 2. The second-order valence-corrected chi connectivity index (χ2v) is 10.4. The third-order valence-corrected chi connectivity index (χ3v) is 6.50. The zero-order valence-corrected chi connectivity index (χ0v) is 17.0. The molecule has 0 amide bonds. The summed E-state index contributed by atoms with van der Waals surface area (Å²) in [5.41, 5.74) is 0. The normalized spacial score (nSPS) is 19.0. The van der Waals surface area contributed by atoms with Gasteiger partial charge in [0.2, 0.25) is 11.6 Å². The van der Waals surface area contributed by atoms with Gasteiger partial charge in [0.05, 0.1) is 27.1 Å². The number of carbonyl (C=O) groups excluding carboxylic acids is 2. The van der Waals surface area contributed by atoms with E-state index in [1.807, 2.05) is 0 Å². The smallest absolute Gasteiger partial charge is 0.261 e. The molecule has 0 aliphatic heterocycles. The molecule has 0 atom stereocenters. The summed E-state index contributed by atoms with van der Waals surface area (Å²) >= 11 is 0. The Morgan fingerprint density at radius 2 is 1.11 bits per heavy atom. The van der Waals surface area contributed by atoms with Crippen LogP contribution in [-0.2, 0) is 41.9 Å². The first-order valence-electron chi connectivity index (χ1n) is 6.99. The zero-order chi connectivity index (χ0) is 20.6. The Bertz CT molecular complexity index is 960. The van der Waals surface area contributed by atoms with E-state index in [-0.39, 0.29) is 11.5 Å². The van der Waals surface area contributed by atoms with Gasteiger partial charge in [-0.25, -0.2) is 16.8 Å². The Labute approximate surface area is 163 Å². The van der Waals surface area contributed by atoms with Crippen LogP contribution in [0.3, 0.4) is 0 Å². The van der Waals surface area contributed by atoms with Gasteiger partial charge in [-0.2, -0.15) is 0 Å². The molecule has 2 aliphatic carbocycles. The van der Waals surface area contributed by atoms with E-state index in [0.717, 1.165) is 12.2 Å². The van der Waals surface area contributed by atoms with Gasteiger partial charge in [-0.15, -0.1) is 0 Å². The Morgan fingerprint density at radius 3 is 1.37 bits per heavy atom. The van der Waals surface area contributed by atoms with Crippen molar-refractivity contribution in [2.45, 2.75) is 12.8 Å². The van der Waals surface area contributed by atoms with E-state index in [0.29, 0.717) is 0 Å². The van der Waals surface area contributed by atoms with Crippen molar-refractivity contribution < 1.29 is 40.6 Å². The predicted molar refractivity (Wildman–Crippen MR) is 94.1 cm³/mol. The molecule has 9 nitrogen and oxygen atoms in total. The first-order chi connectivity index (χ1) is 12.4. The van der Waals surface area contributed by atoms with Crippen LogP contribution in [0, 0.1) is 0 Å². The summed E-state index contributed by atoms with van der Waals surface area (Å²) in [5, 5.41) is 0. The van der Waals surface area contributed by atoms with Crippen molar-refractivity contribution in [3.63, 3.8) is 0 Å². The average molecular weight is 459 g/mol. The van der Waals surface area contributed by atoms with Crippen LogP contribution in [0.1, 0.15) is 12.8 Å². The minimum absolute atomic E-state index is 0.229. The summed E-state index contributed by atoms with van der Waals surface area (Å²) in [7, 11) is 4.26. The number of Topliss-reactive ketones (excluding diaryl/α,β-unsaturated/α-hetero) is 2. The first kappa shape index (κ1) is 21.5. The Hall–Kier alpha value is -1.82. The maximum absolute atomic E-state index is 11.9. The molecule has 0 unspecified atom stereocenters. The third kappa shape index (κ3) is 4.72. The van der Waals surface area contributed by atoms with E-state index < -0.39 is 63.8 Å². The Kier molecular flexibility index (Phi) is 6.10. The molecule has 0 N–H and O–H groups in total. The molecule has 0 heterocycles. The summed E-state index contributed by atoms with van der Waals surface area (Å²) in [6, 6.07) is 0. The number of ether oxygens (including phenoxy) is 3. The molecule has 0 saturated carbocycles. The molecular weight excluding hydrogens is 447 g/mol. The highest BCUT2D eigenvalue weighted by Gasteiger charge is 2.34. The Balaban J connectivity index is 2.68. The van der Waals surface area contributed by atoms with Crippen molar-refractivity contribution in [1.82, 2.24) is 0 Å². The molecular formula is C14H12Cl2O9S2. The highest BCUT2D eigenvalue weighted by Crippen LogP contribution is 2.35. The van der Waals surface area contributed by atoms with E-state index in [4.69, 9.17) is 35.6 Å². The quantitative estimate of drug-likeness (QED) is 0.543. The molecule has 0 aromatic carbocycles. The largest absolute Gasteiger partial charge is 0.493 e. The van der Waals surface area contributed by atoms with E-state index in [1.54, 1.807) is 0 Å². The van der Waals surface area contributed by atoms with Gasteiger partial charge in [-0.3, -0.25) is 9.59 Å². The number of hydrogen-bond donors (Lipinski definition) is 0. The van der Waals surface area contributed by atoms with E-state index >= 15 is 0 Å². The second kappa shape index (κ2) is 7.66. The van der Waals surface area contributed by atoms with Gasteiger partial charge in [0.1, 0.15) is 21.3 Å². The van der Waals surface area contributed by atoms with Gasteiger partial charge in [0.25, 0.3) is 18.1 Å². The molecule has 27 heavy (non-hydrogen) atoms. The van der Waals surface area contributed by atoms with Crippen LogP contribution in [0.5, 0.6) is 0 Å². The van der Waals surface area contributed by atoms with Gasteiger partial charge >= 0.3 is 0 Å². The van der Waals surface area contributed by atoms with Gasteiger partial charge < -0.3 is 14.2 Å². The lowest BCUT2D eigenvalue weighted by Crippen LogP contribution is -2.19. The van der Waals surface area contributed by atoms with Crippen LogP contribution in [0.25, 0.3) is 0 Å². The maximum Gasteiger partial charge on any atom is 0.261 e. The van der Waals surface area contributed by atoms with Crippen LogP contribution in [-0.4, -0.2) is 42.6 Å².